The van der Waals surface area contributed by atoms with Crippen LogP contribution in [0.3, 0.4) is 0 Å². The molecule has 0 bridgehead atoms. The fraction of sp³-hybridized carbons (Fsp3) is 0.154. The number of carbonyl (C=O) groups excluding carboxylic acids is 1. The summed E-state index contributed by atoms with van der Waals surface area (Å²) in [6.07, 6.45) is 2.16. The second kappa shape index (κ2) is 5.27. The fourth-order valence-corrected chi connectivity index (χ4v) is 1.59. The summed E-state index contributed by atoms with van der Waals surface area (Å²) in [5, 5.41) is 0. The number of carbonyl (C=O) groups is 1. The van der Waals surface area contributed by atoms with Gasteiger partial charge in [-0.25, -0.2) is 9.97 Å². The summed E-state index contributed by atoms with van der Waals surface area (Å²) in [4.78, 5) is 18.6. The van der Waals surface area contributed by atoms with Crippen LogP contribution in [0.2, 0.25) is 0 Å². The molecule has 0 N–H and O–H groups in total. The molecule has 0 aliphatic rings. The monoisotopic (exact) mass is 244 g/mol. The first-order valence-corrected chi connectivity index (χ1v) is 5.29. The standard InChI is InChI=1S/C13H12N2O3/c1-17-11-4-3-9(7-12(11)18-2)10-5-6-14-13(8-16)15-10/h3-8H,1-2H3. The second-order valence-corrected chi connectivity index (χ2v) is 3.49. The number of nitrogens with zero attached hydrogens (tertiary/aromatic N) is 2. The van der Waals surface area contributed by atoms with Crippen LogP contribution in [-0.4, -0.2) is 30.5 Å². The van der Waals surface area contributed by atoms with Gasteiger partial charge in [0.25, 0.3) is 0 Å². The van der Waals surface area contributed by atoms with Crippen LogP contribution >= 0.6 is 0 Å². The smallest absolute Gasteiger partial charge is 0.193 e. The Kier molecular flexibility index (Phi) is 3.52. The highest BCUT2D eigenvalue weighted by molar-refractivity contribution is 5.71. The molecule has 0 saturated heterocycles. The Bertz CT molecular complexity index is 570. The van der Waals surface area contributed by atoms with Crippen LogP contribution in [0.15, 0.2) is 30.5 Å². The van der Waals surface area contributed by atoms with Crippen LogP contribution in [0, 0.1) is 0 Å². The lowest BCUT2D eigenvalue weighted by Crippen LogP contribution is -1.95. The largest absolute Gasteiger partial charge is 0.493 e. The third kappa shape index (κ3) is 2.29. The van der Waals surface area contributed by atoms with Gasteiger partial charge in [0.05, 0.1) is 19.9 Å². The highest BCUT2D eigenvalue weighted by Crippen LogP contribution is 2.31. The Morgan fingerprint density at radius 3 is 2.56 bits per heavy atom. The van der Waals surface area contributed by atoms with Gasteiger partial charge < -0.3 is 9.47 Å². The number of hydrogen-bond donors (Lipinski definition) is 0. The molecule has 0 atom stereocenters. The van der Waals surface area contributed by atoms with Gasteiger partial charge in [0.15, 0.2) is 23.6 Å². The van der Waals surface area contributed by atoms with Crippen molar-refractivity contribution in [2.24, 2.45) is 0 Å². The lowest BCUT2D eigenvalue weighted by molar-refractivity contribution is 0.111. The maximum Gasteiger partial charge on any atom is 0.193 e. The SMILES string of the molecule is COc1ccc(-c2ccnc(C=O)n2)cc1OC. The zero-order chi connectivity index (χ0) is 13.0. The van der Waals surface area contributed by atoms with Crippen molar-refractivity contribution in [1.29, 1.82) is 0 Å². The van der Waals surface area contributed by atoms with Crippen LogP contribution in [0.5, 0.6) is 11.5 Å². The van der Waals surface area contributed by atoms with E-state index in [1.54, 1.807) is 38.6 Å². The Labute approximate surface area is 104 Å². The molecule has 0 aliphatic carbocycles. The van der Waals surface area contributed by atoms with Gasteiger partial charge in [0.1, 0.15) is 0 Å². The molecule has 1 aromatic heterocycles. The van der Waals surface area contributed by atoms with Gasteiger partial charge in [0, 0.05) is 11.8 Å². The van der Waals surface area contributed by atoms with Crippen molar-refractivity contribution in [3.8, 4) is 22.8 Å². The van der Waals surface area contributed by atoms with E-state index in [4.69, 9.17) is 9.47 Å². The molecule has 18 heavy (non-hydrogen) atoms. The van der Waals surface area contributed by atoms with Crippen LogP contribution in [-0.2, 0) is 0 Å². The number of aromatic nitrogens is 2. The average molecular weight is 244 g/mol. The number of ether oxygens (including phenoxy) is 2. The van der Waals surface area contributed by atoms with E-state index in [1.807, 2.05) is 6.07 Å². The Balaban J connectivity index is 2.47. The maximum absolute atomic E-state index is 10.6. The van der Waals surface area contributed by atoms with Crippen molar-refractivity contribution >= 4 is 6.29 Å². The molecular formula is C13H12N2O3. The van der Waals surface area contributed by atoms with Gasteiger partial charge >= 0.3 is 0 Å². The molecule has 0 saturated carbocycles. The molecule has 0 radical (unpaired) electrons. The molecule has 0 aliphatic heterocycles. The van der Waals surface area contributed by atoms with Gasteiger partial charge in [-0.3, -0.25) is 4.79 Å². The van der Waals surface area contributed by atoms with Gasteiger partial charge in [-0.15, -0.1) is 0 Å². The van der Waals surface area contributed by atoms with Crippen LogP contribution in [0.1, 0.15) is 10.6 Å². The first kappa shape index (κ1) is 12.0. The predicted octanol–water partition coefficient (Wildman–Crippen LogP) is 1.97. The van der Waals surface area contributed by atoms with E-state index in [0.717, 1.165) is 5.56 Å². The Morgan fingerprint density at radius 1 is 1.11 bits per heavy atom. The first-order chi connectivity index (χ1) is 8.78. The van der Waals surface area contributed by atoms with Gasteiger partial charge in [-0.1, -0.05) is 0 Å². The van der Waals surface area contributed by atoms with E-state index in [1.165, 1.54) is 0 Å². The molecule has 0 spiro atoms. The van der Waals surface area contributed by atoms with Crippen LogP contribution in [0.25, 0.3) is 11.3 Å². The van der Waals surface area contributed by atoms with Crippen molar-refractivity contribution in [3.05, 3.63) is 36.3 Å². The number of aldehydes is 1. The quantitative estimate of drug-likeness (QED) is 0.769. The third-order valence-corrected chi connectivity index (χ3v) is 2.46. The average Bonchev–Trinajstić information content (AvgIpc) is 2.46. The van der Waals surface area contributed by atoms with Gasteiger partial charge in [-0.05, 0) is 24.3 Å². The highest BCUT2D eigenvalue weighted by Gasteiger charge is 2.07. The number of hydrogen-bond acceptors (Lipinski definition) is 5. The molecular weight excluding hydrogens is 232 g/mol. The summed E-state index contributed by atoms with van der Waals surface area (Å²) in [6, 6.07) is 7.17. The minimum absolute atomic E-state index is 0.155. The number of rotatable bonds is 4. The summed E-state index contributed by atoms with van der Waals surface area (Å²) < 4.78 is 10.4. The lowest BCUT2D eigenvalue weighted by Gasteiger charge is -2.09. The van der Waals surface area contributed by atoms with Gasteiger partial charge in [-0.2, -0.15) is 0 Å². The van der Waals surface area contributed by atoms with Crippen molar-refractivity contribution in [3.63, 3.8) is 0 Å². The molecule has 1 heterocycles. The molecule has 5 nitrogen and oxygen atoms in total. The van der Waals surface area contributed by atoms with E-state index in [0.29, 0.717) is 23.5 Å². The Morgan fingerprint density at radius 2 is 1.89 bits per heavy atom. The topological polar surface area (TPSA) is 61.3 Å². The second-order valence-electron chi connectivity index (χ2n) is 3.49. The molecule has 2 rings (SSSR count). The minimum Gasteiger partial charge on any atom is -0.493 e. The fourth-order valence-electron chi connectivity index (χ4n) is 1.59. The number of methoxy groups -OCH3 is 2. The predicted molar refractivity (Wildman–Crippen MR) is 66.0 cm³/mol. The highest BCUT2D eigenvalue weighted by atomic mass is 16.5. The summed E-state index contributed by atoms with van der Waals surface area (Å²) >= 11 is 0. The zero-order valence-electron chi connectivity index (χ0n) is 10.1. The van der Waals surface area contributed by atoms with Crippen molar-refractivity contribution in [1.82, 2.24) is 9.97 Å². The minimum atomic E-state index is 0.155. The van der Waals surface area contributed by atoms with E-state index in [2.05, 4.69) is 9.97 Å². The molecule has 2 aromatic rings. The molecule has 1 aromatic carbocycles. The lowest BCUT2D eigenvalue weighted by atomic mass is 10.1. The third-order valence-electron chi connectivity index (χ3n) is 2.46. The molecule has 0 unspecified atom stereocenters. The van der Waals surface area contributed by atoms with E-state index < -0.39 is 0 Å². The van der Waals surface area contributed by atoms with E-state index in [-0.39, 0.29) is 5.82 Å². The Hall–Kier alpha value is -2.43. The summed E-state index contributed by atoms with van der Waals surface area (Å²) in [5.74, 6) is 1.41. The van der Waals surface area contributed by atoms with Gasteiger partial charge in [0.2, 0.25) is 0 Å². The number of benzene rings is 1. The van der Waals surface area contributed by atoms with Crippen molar-refractivity contribution in [2.75, 3.05) is 14.2 Å². The molecule has 0 fully saturated rings. The molecule has 0 amide bonds. The van der Waals surface area contributed by atoms with E-state index >= 15 is 0 Å². The zero-order valence-corrected chi connectivity index (χ0v) is 10.1. The van der Waals surface area contributed by atoms with Crippen molar-refractivity contribution < 1.29 is 14.3 Å². The van der Waals surface area contributed by atoms with Crippen molar-refractivity contribution in [2.45, 2.75) is 0 Å². The van der Waals surface area contributed by atoms with Crippen LogP contribution < -0.4 is 9.47 Å². The van der Waals surface area contributed by atoms with E-state index in [9.17, 15) is 4.79 Å². The summed E-state index contributed by atoms with van der Waals surface area (Å²) in [6.45, 7) is 0. The molecule has 92 valence electrons. The normalized spacial score (nSPS) is 9.89. The first-order valence-electron chi connectivity index (χ1n) is 5.29. The summed E-state index contributed by atoms with van der Waals surface area (Å²) in [5.41, 5.74) is 1.49. The van der Waals surface area contributed by atoms with Crippen LogP contribution in [0.4, 0.5) is 0 Å². The summed E-state index contributed by atoms with van der Waals surface area (Å²) in [7, 11) is 3.14. The maximum atomic E-state index is 10.6. The molecule has 5 heteroatoms.